The third-order valence-electron chi connectivity index (χ3n) is 4.09. The van der Waals surface area contributed by atoms with E-state index in [0.717, 1.165) is 12.8 Å². The van der Waals surface area contributed by atoms with Crippen LogP contribution in [-0.2, 0) is 0 Å². The Morgan fingerprint density at radius 2 is 0.875 bits per heavy atom. The molecule has 2 aliphatic carbocycles. The molecule has 2 heteroatoms. The molecule has 2 rings (SSSR count). The van der Waals surface area contributed by atoms with Crippen LogP contribution in [0, 0.1) is 5.41 Å². The molecule has 0 heterocycles. The molecule has 0 aromatic carbocycles. The molecule has 96 valence electrons. The lowest BCUT2D eigenvalue weighted by Crippen LogP contribution is -2.31. The third-order valence-corrected chi connectivity index (χ3v) is 4.09. The van der Waals surface area contributed by atoms with Crippen molar-refractivity contribution in [3.8, 4) is 0 Å². The highest BCUT2D eigenvalue weighted by molar-refractivity contribution is 4.81. The molecule has 0 saturated heterocycles. The van der Waals surface area contributed by atoms with E-state index in [-0.39, 0.29) is 18.6 Å². The number of aliphatic hydroxyl groups is 2. The third kappa shape index (κ3) is 4.84. The first-order chi connectivity index (χ1) is 7.83. The monoisotopic (exact) mass is 228 g/mol. The van der Waals surface area contributed by atoms with Gasteiger partial charge in [-0.05, 0) is 12.8 Å². The van der Waals surface area contributed by atoms with E-state index in [1.54, 1.807) is 0 Å². The molecule has 2 fully saturated rings. The molecule has 2 nitrogen and oxygen atoms in total. The SMILES string of the molecule is C1CCCCC1.OCC1(CO)CCCCC1. The van der Waals surface area contributed by atoms with E-state index >= 15 is 0 Å². The van der Waals surface area contributed by atoms with Crippen LogP contribution in [0.5, 0.6) is 0 Å². The lowest BCUT2D eigenvalue weighted by Gasteiger charge is -2.33. The highest BCUT2D eigenvalue weighted by atomic mass is 16.3. The van der Waals surface area contributed by atoms with Crippen LogP contribution in [0.25, 0.3) is 0 Å². The van der Waals surface area contributed by atoms with Crippen LogP contribution < -0.4 is 0 Å². The fourth-order valence-electron chi connectivity index (χ4n) is 2.73. The molecule has 2 N–H and O–H groups in total. The van der Waals surface area contributed by atoms with Crippen LogP contribution in [0.4, 0.5) is 0 Å². The minimum atomic E-state index is -0.127. The molecule has 0 atom stereocenters. The zero-order valence-electron chi connectivity index (χ0n) is 10.6. The van der Waals surface area contributed by atoms with Gasteiger partial charge in [-0.25, -0.2) is 0 Å². The zero-order valence-corrected chi connectivity index (χ0v) is 10.6. The van der Waals surface area contributed by atoms with Gasteiger partial charge in [-0.2, -0.15) is 0 Å². The maximum absolute atomic E-state index is 8.98. The summed E-state index contributed by atoms with van der Waals surface area (Å²) in [6.45, 7) is 0.312. The van der Waals surface area contributed by atoms with Crippen molar-refractivity contribution in [3.05, 3.63) is 0 Å². The highest BCUT2D eigenvalue weighted by Crippen LogP contribution is 2.34. The van der Waals surface area contributed by atoms with Crippen molar-refractivity contribution >= 4 is 0 Å². The smallest absolute Gasteiger partial charge is 0.0509 e. The quantitative estimate of drug-likeness (QED) is 0.761. The van der Waals surface area contributed by atoms with Crippen LogP contribution in [-0.4, -0.2) is 23.4 Å². The van der Waals surface area contributed by atoms with Crippen molar-refractivity contribution in [3.63, 3.8) is 0 Å². The van der Waals surface area contributed by atoms with E-state index in [2.05, 4.69) is 0 Å². The Bertz CT molecular complexity index is 141. The van der Waals surface area contributed by atoms with Crippen molar-refractivity contribution < 1.29 is 10.2 Å². The first-order valence-corrected chi connectivity index (χ1v) is 7.05. The van der Waals surface area contributed by atoms with Crippen molar-refractivity contribution in [1.29, 1.82) is 0 Å². The van der Waals surface area contributed by atoms with Gasteiger partial charge < -0.3 is 10.2 Å². The van der Waals surface area contributed by atoms with Gasteiger partial charge in [0.05, 0.1) is 13.2 Å². The Morgan fingerprint density at radius 3 is 1.12 bits per heavy atom. The molecule has 2 aliphatic rings. The van der Waals surface area contributed by atoms with E-state index in [1.807, 2.05) is 0 Å². The summed E-state index contributed by atoms with van der Waals surface area (Å²) in [4.78, 5) is 0. The summed E-state index contributed by atoms with van der Waals surface area (Å²) in [5, 5.41) is 18.0. The van der Waals surface area contributed by atoms with Gasteiger partial charge in [0, 0.05) is 5.41 Å². The maximum atomic E-state index is 8.98. The highest BCUT2D eigenvalue weighted by Gasteiger charge is 2.30. The van der Waals surface area contributed by atoms with Gasteiger partial charge in [-0.15, -0.1) is 0 Å². The Kier molecular flexibility index (Phi) is 7.06. The number of hydrogen-bond acceptors (Lipinski definition) is 2. The number of aliphatic hydroxyl groups excluding tert-OH is 2. The maximum Gasteiger partial charge on any atom is 0.0509 e. The van der Waals surface area contributed by atoms with Crippen LogP contribution in [0.15, 0.2) is 0 Å². The fourth-order valence-corrected chi connectivity index (χ4v) is 2.73. The van der Waals surface area contributed by atoms with Gasteiger partial charge in [0.25, 0.3) is 0 Å². The molecule has 16 heavy (non-hydrogen) atoms. The van der Waals surface area contributed by atoms with Gasteiger partial charge in [-0.3, -0.25) is 0 Å². The average Bonchev–Trinajstić information content (AvgIpc) is 2.42. The molecule has 0 unspecified atom stereocenters. The fraction of sp³-hybridized carbons (Fsp3) is 1.00. The van der Waals surface area contributed by atoms with Gasteiger partial charge in [0.15, 0.2) is 0 Å². The lowest BCUT2D eigenvalue weighted by atomic mass is 9.75. The molecule has 0 aromatic rings. The van der Waals surface area contributed by atoms with Crippen molar-refractivity contribution in [2.75, 3.05) is 13.2 Å². The zero-order chi connectivity index (χ0) is 11.7. The van der Waals surface area contributed by atoms with E-state index in [0.29, 0.717) is 0 Å². The van der Waals surface area contributed by atoms with E-state index in [4.69, 9.17) is 10.2 Å². The molecular weight excluding hydrogens is 200 g/mol. The first kappa shape index (κ1) is 14.0. The summed E-state index contributed by atoms with van der Waals surface area (Å²) in [7, 11) is 0. The average molecular weight is 228 g/mol. The normalized spacial score (nSPS) is 24.4. The molecule has 0 amide bonds. The lowest BCUT2D eigenvalue weighted by molar-refractivity contribution is 0.0234. The van der Waals surface area contributed by atoms with Crippen LogP contribution >= 0.6 is 0 Å². The van der Waals surface area contributed by atoms with Gasteiger partial charge in [-0.1, -0.05) is 57.8 Å². The summed E-state index contributed by atoms with van der Waals surface area (Å²) in [5.74, 6) is 0. The molecular formula is C14H28O2. The Balaban J connectivity index is 0.000000181. The van der Waals surface area contributed by atoms with Crippen LogP contribution in [0.3, 0.4) is 0 Å². The Hall–Kier alpha value is -0.0800. The minimum absolute atomic E-state index is 0.127. The largest absolute Gasteiger partial charge is 0.396 e. The van der Waals surface area contributed by atoms with Crippen molar-refractivity contribution in [1.82, 2.24) is 0 Å². The summed E-state index contributed by atoms with van der Waals surface area (Å²) in [6, 6.07) is 0. The van der Waals surface area contributed by atoms with E-state index < -0.39 is 0 Å². The predicted octanol–water partition coefficient (Wildman–Crippen LogP) is 3.26. The second-order valence-electron chi connectivity index (χ2n) is 5.50. The van der Waals surface area contributed by atoms with E-state index in [1.165, 1.54) is 57.8 Å². The summed E-state index contributed by atoms with van der Waals surface area (Å²) in [5.41, 5.74) is -0.127. The van der Waals surface area contributed by atoms with Crippen molar-refractivity contribution in [2.45, 2.75) is 70.6 Å². The summed E-state index contributed by atoms with van der Waals surface area (Å²) < 4.78 is 0. The molecule has 2 saturated carbocycles. The number of rotatable bonds is 2. The molecule has 0 spiro atoms. The Morgan fingerprint density at radius 1 is 0.562 bits per heavy atom. The van der Waals surface area contributed by atoms with Crippen LogP contribution in [0.1, 0.15) is 70.6 Å². The summed E-state index contributed by atoms with van der Waals surface area (Å²) >= 11 is 0. The van der Waals surface area contributed by atoms with Gasteiger partial charge in [0.1, 0.15) is 0 Å². The molecule has 0 aromatic heterocycles. The molecule has 0 bridgehead atoms. The first-order valence-electron chi connectivity index (χ1n) is 7.05. The van der Waals surface area contributed by atoms with Crippen LogP contribution in [0.2, 0.25) is 0 Å². The topological polar surface area (TPSA) is 40.5 Å². The molecule has 0 aliphatic heterocycles. The standard InChI is InChI=1S/C8H16O2.C6H12/c9-6-8(7-10)4-2-1-3-5-8;1-2-4-6-5-3-1/h9-10H,1-7H2;1-6H2. The minimum Gasteiger partial charge on any atom is -0.396 e. The van der Waals surface area contributed by atoms with Gasteiger partial charge >= 0.3 is 0 Å². The second-order valence-corrected chi connectivity index (χ2v) is 5.50. The van der Waals surface area contributed by atoms with E-state index in [9.17, 15) is 0 Å². The second kappa shape index (κ2) is 8.08. The Labute approximate surface area is 100 Å². The van der Waals surface area contributed by atoms with Crippen molar-refractivity contribution in [2.24, 2.45) is 5.41 Å². The van der Waals surface area contributed by atoms with Gasteiger partial charge in [0.2, 0.25) is 0 Å². The number of hydrogen-bond donors (Lipinski definition) is 2. The molecule has 0 radical (unpaired) electrons. The predicted molar refractivity (Wildman–Crippen MR) is 67.4 cm³/mol. The summed E-state index contributed by atoms with van der Waals surface area (Å²) in [6.07, 6.45) is 14.6.